The van der Waals surface area contributed by atoms with E-state index in [4.69, 9.17) is 9.47 Å². The van der Waals surface area contributed by atoms with Crippen LogP contribution in [0.5, 0.6) is 0 Å². The minimum atomic E-state index is 0.304. The molecule has 2 unspecified atom stereocenters. The second-order valence-corrected chi connectivity index (χ2v) is 5.58. The molecule has 4 nitrogen and oxygen atoms in total. The lowest BCUT2D eigenvalue weighted by Crippen LogP contribution is -2.53. The third-order valence-electron chi connectivity index (χ3n) is 4.00. The summed E-state index contributed by atoms with van der Waals surface area (Å²) in [5, 5.41) is 3.34. The summed E-state index contributed by atoms with van der Waals surface area (Å²) < 4.78 is 11.2. The molecule has 0 amide bonds. The van der Waals surface area contributed by atoms with Crippen molar-refractivity contribution in [1.29, 1.82) is 0 Å². The Morgan fingerprint density at radius 2 is 2.24 bits per heavy atom. The lowest BCUT2D eigenvalue weighted by molar-refractivity contribution is -0.0616. The third-order valence-corrected chi connectivity index (χ3v) is 4.00. The van der Waals surface area contributed by atoms with Crippen molar-refractivity contribution in [3.63, 3.8) is 0 Å². The van der Waals surface area contributed by atoms with Gasteiger partial charge in [-0.25, -0.2) is 0 Å². The number of morpholine rings is 1. The van der Waals surface area contributed by atoms with E-state index >= 15 is 0 Å². The summed E-state index contributed by atoms with van der Waals surface area (Å²) in [5.74, 6) is 0. The smallest absolute Gasteiger partial charge is 0.0619 e. The van der Waals surface area contributed by atoms with Gasteiger partial charge in [-0.3, -0.25) is 4.90 Å². The van der Waals surface area contributed by atoms with Gasteiger partial charge >= 0.3 is 0 Å². The normalized spacial score (nSPS) is 36.0. The quantitative estimate of drug-likeness (QED) is 0.788. The van der Waals surface area contributed by atoms with Crippen LogP contribution in [0.3, 0.4) is 0 Å². The highest BCUT2D eigenvalue weighted by Gasteiger charge is 2.36. The van der Waals surface area contributed by atoms with Crippen LogP contribution in [-0.2, 0) is 9.47 Å². The van der Waals surface area contributed by atoms with Gasteiger partial charge in [0, 0.05) is 37.7 Å². The molecule has 0 aromatic heterocycles. The van der Waals surface area contributed by atoms with Gasteiger partial charge in [0.1, 0.15) is 0 Å². The second kappa shape index (κ2) is 6.14. The van der Waals surface area contributed by atoms with Crippen molar-refractivity contribution in [1.82, 2.24) is 10.2 Å². The number of hydrogen-bond acceptors (Lipinski definition) is 4. The van der Waals surface area contributed by atoms with Crippen molar-refractivity contribution >= 4 is 0 Å². The predicted molar refractivity (Wildman–Crippen MR) is 68.3 cm³/mol. The van der Waals surface area contributed by atoms with Crippen molar-refractivity contribution in [3.8, 4) is 0 Å². The molecule has 2 aliphatic rings. The number of rotatable bonds is 4. The van der Waals surface area contributed by atoms with Gasteiger partial charge < -0.3 is 14.8 Å². The van der Waals surface area contributed by atoms with Crippen LogP contribution in [0.2, 0.25) is 0 Å². The molecule has 0 aliphatic carbocycles. The van der Waals surface area contributed by atoms with E-state index in [0.29, 0.717) is 11.5 Å². The SMILES string of the molecule is CNCC1(CN2CCOCC2C)CCCOC1. The van der Waals surface area contributed by atoms with Crippen molar-refractivity contribution in [2.24, 2.45) is 5.41 Å². The molecule has 4 heteroatoms. The highest BCUT2D eigenvalue weighted by atomic mass is 16.5. The molecule has 0 aromatic carbocycles. The van der Waals surface area contributed by atoms with Gasteiger partial charge in [0.25, 0.3) is 0 Å². The predicted octanol–water partition coefficient (Wildman–Crippen LogP) is 0.723. The molecule has 2 aliphatic heterocycles. The standard InChI is InChI=1S/C13H26N2O2/c1-12-8-16-7-5-15(12)10-13(9-14-2)4-3-6-17-11-13/h12,14H,3-11H2,1-2H3. The van der Waals surface area contributed by atoms with Crippen LogP contribution in [0, 0.1) is 5.41 Å². The summed E-state index contributed by atoms with van der Waals surface area (Å²) >= 11 is 0. The van der Waals surface area contributed by atoms with Crippen molar-refractivity contribution in [2.45, 2.75) is 25.8 Å². The summed E-state index contributed by atoms with van der Waals surface area (Å²) in [6.07, 6.45) is 2.47. The number of ether oxygens (including phenoxy) is 2. The molecule has 100 valence electrons. The van der Waals surface area contributed by atoms with Crippen LogP contribution in [0.15, 0.2) is 0 Å². The van der Waals surface area contributed by atoms with Gasteiger partial charge in [0.15, 0.2) is 0 Å². The Kier molecular flexibility index (Phi) is 4.79. The molecule has 2 fully saturated rings. The molecule has 0 aromatic rings. The summed E-state index contributed by atoms with van der Waals surface area (Å²) in [6.45, 7) is 9.09. The van der Waals surface area contributed by atoms with E-state index < -0.39 is 0 Å². The molecule has 0 saturated carbocycles. The number of hydrogen-bond donors (Lipinski definition) is 1. The summed E-state index contributed by atoms with van der Waals surface area (Å²) in [4.78, 5) is 2.56. The summed E-state index contributed by atoms with van der Waals surface area (Å²) in [6, 6.07) is 0.541. The summed E-state index contributed by atoms with van der Waals surface area (Å²) in [7, 11) is 2.04. The van der Waals surface area contributed by atoms with E-state index in [9.17, 15) is 0 Å². The first-order valence-electron chi connectivity index (χ1n) is 6.80. The van der Waals surface area contributed by atoms with Crippen LogP contribution in [0.1, 0.15) is 19.8 Å². The Hall–Kier alpha value is -0.160. The molecular formula is C13H26N2O2. The van der Waals surface area contributed by atoms with E-state index in [1.807, 2.05) is 7.05 Å². The van der Waals surface area contributed by atoms with Crippen LogP contribution < -0.4 is 5.32 Å². The van der Waals surface area contributed by atoms with E-state index in [2.05, 4.69) is 17.1 Å². The Labute approximate surface area is 105 Å². The highest BCUT2D eigenvalue weighted by Crippen LogP contribution is 2.30. The zero-order valence-corrected chi connectivity index (χ0v) is 11.2. The van der Waals surface area contributed by atoms with Gasteiger partial charge in [0.05, 0.1) is 19.8 Å². The van der Waals surface area contributed by atoms with Crippen LogP contribution in [-0.4, -0.2) is 64.1 Å². The maximum Gasteiger partial charge on any atom is 0.0619 e. The zero-order valence-electron chi connectivity index (χ0n) is 11.2. The zero-order chi connectivity index (χ0) is 12.1. The fourth-order valence-electron chi connectivity index (χ4n) is 3.03. The molecule has 2 rings (SSSR count). The first-order valence-corrected chi connectivity index (χ1v) is 6.80. The Morgan fingerprint density at radius 1 is 1.35 bits per heavy atom. The fraction of sp³-hybridized carbons (Fsp3) is 1.00. The summed E-state index contributed by atoms with van der Waals surface area (Å²) in [5.41, 5.74) is 0.304. The molecule has 2 saturated heterocycles. The lowest BCUT2D eigenvalue weighted by atomic mass is 9.81. The molecule has 2 heterocycles. The van der Waals surface area contributed by atoms with Gasteiger partial charge in [-0.15, -0.1) is 0 Å². The minimum absolute atomic E-state index is 0.304. The first-order chi connectivity index (χ1) is 8.26. The Bertz CT molecular complexity index is 224. The van der Waals surface area contributed by atoms with Gasteiger partial charge in [0.2, 0.25) is 0 Å². The first kappa shape index (κ1) is 13.3. The topological polar surface area (TPSA) is 33.7 Å². The third kappa shape index (κ3) is 3.41. The highest BCUT2D eigenvalue weighted by molar-refractivity contribution is 4.88. The van der Waals surface area contributed by atoms with Gasteiger partial charge in [-0.1, -0.05) is 0 Å². The number of nitrogens with one attached hydrogen (secondary N) is 1. The van der Waals surface area contributed by atoms with E-state index in [1.54, 1.807) is 0 Å². The van der Waals surface area contributed by atoms with E-state index in [1.165, 1.54) is 12.8 Å². The monoisotopic (exact) mass is 242 g/mol. The average molecular weight is 242 g/mol. The molecule has 1 N–H and O–H groups in total. The van der Waals surface area contributed by atoms with Crippen LogP contribution >= 0.6 is 0 Å². The van der Waals surface area contributed by atoms with Gasteiger partial charge in [-0.05, 0) is 26.8 Å². The molecule has 0 radical (unpaired) electrons. The number of nitrogens with zero attached hydrogens (tertiary/aromatic N) is 1. The molecular weight excluding hydrogens is 216 g/mol. The molecule has 2 atom stereocenters. The lowest BCUT2D eigenvalue weighted by Gasteiger charge is -2.44. The van der Waals surface area contributed by atoms with Crippen LogP contribution in [0.25, 0.3) is 0 Å². The minimum Gasteiger partial charge on any atom is -0.381 e. The van der Waals surface area contributed by atoms with Crippen molar-refractivity contribution < 1.29 is 9.47 Å². The molecule has 17 heavy (non-hydrogen) atoms. The fourth-order valence-corrected chi connectivity index (χ4v) is 3.03. The Balaban J connectivity index is 1.95. The van der Waals surface area contributed by atoms with Crippen molar-refractivity contribution in [3.05, 3.63) is 0 Å². The second-order valence-electron chi connectivity index (χ2n) is 5.58. The van der Waals surface area contributed by atoms with E-state index in [0.717, 1.165) is 46.1 Å². The van der Waals surface area contributed by atoms with Crippen molar-refractivity contribution in [2.75, 3.05) is 53.1 Å². The van der Waals surface area contributed by atoms with E-state index in [-0.39, 0.29) is 0 Å². The Morgan fingerprint density at radius 3 is 2.88 bits per heavy atom. The maximum atomic E-state index is 5.72. The van der Waals surface area contributed by atoms with Crippen LogP contribution in [0.4, 0.5) is 0 Å². The molecule has 0 bridgehead atoms. The largest absolute Gasteiger partial charge is 0.381 e. The van der Waals surface area contributed by atoms with Gasteiger partial charge in [-0.2, -0.15) is 0 Å². The average Bonchev–Trinajstić information content (AvgIpc) is 2.34. The maximum absolute atomic E-state index is 5.72. The molecule has 0 spiro atoms.